The Hall–Kier alpha value is 1.21. The van der Waals surface area contributed by atoms with E-state index in [1.54, 1.807) is 0 Å². The van der Waals surface area contributed by atoms with Gasteiger partial charge in [0.1, 0.15) is 0 Å². The first-order chi connectivity index (χ1) is 2.00. The van der Waals surface area contributed by atoms with E-state index in [-0.39, 0.29) is 36.8 Å². The van der Waals surface area contributed by atoms with Crippen LogP contribution in [0.25, 0.3) is 0 Å². The molecule has 4 nitrogen and oxygen atoms in total. The molecule has 0 aromatic rings. The molecular weight excluding hydrogens is 184 g/mol. The van der Waals surface area contributed by atoms with E-state index in [1.165, 1.54) is 0 Å². The van der Waals surface area contributed by atoms with Crippen molar-refractivity contribution >= 4 is 26.4 Å². The Bertz CT molecular complexity index is 27.2. The van der Waals surface area contributed by atoms with Crippen molar-refractivity contribution in [1.82, 2.24) is 0 Å². The van der Waals surface area contributed by atoms with E-state index in [9.17, 15) is 0 Å². The molecule has 0 aliphatic heterocycles. The van der Waals surface area contributed by atoms with Gasteiger partial charge in [0.05, 0.1) is 0 Å². The average Bonchev–Trinajstić information content (AvgIpc) is 0.722. The van der Waals surface area contributed by atoms with Crippen molar-refractivity contribution in [3.63, 3.8) is 0 Å². The molecule has 0 aromatic carbocycles. The molecule has 0 unspecified atom stereocenters. The molecule has 40 valence electrons. The van der Waals surface area contributed by atoms with Gasteiger partial charge in [0.15, 0.2) is 17.4 Å². The minimum absolute atomic E-state index is 0. The van der Waals surface area contributed by atoms with Crippen LogP contribution >= 0.6 is 0 Å². The molecule has 0 atom stereocenters. The normalized spacial score (nSPS) is 8.57. The summed E-state index contributed by atoms with van der Waals surface area (Å²) in [7, 11) is -4.61. The van der Waals surface area contributed by atoms with Crippen LogP contribution in [-0.4, -0.2) is 45.6 Å². The molecule has 0 radical (unpaired) electrons. The Balaban J connectivity index is -0.0000000800. The zero-order valence-electron chi connectivity index (χ0n) is 3.00. The third-order valence-corrected chi connectivity index (χ3v) is 0. The maximum atomic E-state index is 7.33. The molecule has 0 bridgehead atoms. The van der Waals surface area contributed by atoms with Crippen molar-refractivity contribution in [1.29, 1.82) is 0 Å². The minimum atomic E-state index is -4.61. The van der Waals surface area contributed by atoms with Crippen molar-refractivity contribution in [3.8, 4) is 0 Å². The summed E-state index contributed by atoms with van der Waals surface area (Å²) in [6.45, 7) is 0. The van der Waals surface area contributed by atoms with Crippen molar-refractivity contribution < 1.29 is 38.7 Å². The van der Waals surface area contributed by atoms with Crippen LogP contribution in [0.5, 0.6) is 0 Å². The fraction of sp³-hybridized carbons (Fsp3) is 0. The predicted octanol–water partition coefficient (Wildman–Crippen LogP) is -3.80. The number of hydrogen-bond acceptors (Lipinski definition) is 4. The zero-order valence-corrected chi connectivity index (χ0v) is 6.96. The van der Waals surface area contributed by atoms with Gasteiger partial charge in [-0.15, -0.1) is 0 Å². The first kappa shape index (κ1) is 15.7. The van der Waals surface area contributed by atoms with Crippen LogP contribution in [0.1, 0.15) is 0 Å². The summed E-state index contributed by atoms with van der Waals surface area (Å²) in [5.74, 6) is 0. The van der Waals surface area contributed by atoms with E-state index in [4.69, 9.17) is 19.2 Å². The summed E-state index contributed by atoms with van der Waals surface area (Å²) >= 11 is 0. The average molecular weight is 192 g/mol. The maximum Gasteiger partial charge on any atom is 0.668 e. The first-order valence-electron chi connectivity index (χ1n) is 0.894. The van der Waals surface area contributed by atoms with E-state index in [0.29, 0.717) is 0 Å². The second-order valence-corrected chi connectivity index (χ2v) is 1.80. The molecule has 0 amide bonds. The van der Waals surface area contributed by atoms with Gasteiger partial charge in [-0.25, -0.2) is 0 Å². The Morgan fingerprint density at radius 3 is 0.857 bits per heavy atom. The second kappa shape index (κ2) is 5.35. The molecule has 4 N–H and O–H groups in total. The first-order valence-corrected chi connectivity index (χ1v) is 2.68. The summed E-state index contributed by atoms with van der Waals surface area (Å²) in [5.41, 5.74) is 0. The molecule has 7 heteroatoms. The zero-order chi connectivity index (χ0) is 4.50. The van der Waals surface area contributed by atoms with Gasteiger partial charge in [-0.3, -0.25) is 0 Å². The summed E-state index contributed by atoms with van der Waals surface area (Å²) in [6, 6.07) is 0. The van der Waals surface area contributed by atoms with E-state index < -0.39 is 9.05 Å². The maximum absolute atomic E-state index is 7.33. The molecule has 7 heavy (non-hydrogen) atoms. The van der Waals surface area contributed by atoms with Crippen molar-refractivity contribution in [2.24, 2.45) is 0 Å². The third kappa shape index (κ3) is 133. The predicted molar refractivity (Wildman–Crippen MR) is 24.6 cm³/mol. The van der Waals surface area contributed by atoms with E-state index in [1.807, 2.05) is 0 Å². The quantitative estimate of drug-likeness (QED) is 0.296. The summed E-state index contributed by atoms with van der Waals surface area (Å²) in [6.07, 6.45) is 0. The van der Waals surface area contributed by atoms with Gasteiger partial charge >= 0.3 is 9.05 Å². The van der Waals surface area contributed by atoms with Crippen molar-refractivity contribution in [2.45, 2.75) is 0 Å². The van der Waals surface area contributed by atoms with Gasteiger partial charge in [0, 0.05) is 19.5 Å². The standard InChI is InChI=1S/Al.H4O4Si.Zn.3H/c;1-5(2,3)4;;;;/h;1-4H;;;;. The summed E-state index contributed by atoms with van der Waals surface area (Å²) in [4.78, 5) is 29.3. The van der Waals surface area contributed by atoms with Crippen LogP contribution < -0.4 is 0 Å². The van der Waals surface area contributed by atoms with Crippen LogP contribution in [0.15, 0.2) is 0 Å². The molecule has 0 aromatic heterocycles. The van der Waals surface area contributed by atoms with Crippen LogP contribution in [-0.2, 0) is 19.5 Å². The molecule has 0 fully saturated rings. The van der Waals surface area contributed by atoms with Crippen molar-refractivity contribution in [3.05, 3.63) is 0 Å². The topological polar surface area (TPSA) is 80.9 Å². The Labute approximate surface area is 65.2 Å². The van der Waals surface area contributed by atoms with Crippen LogP contribution in [0.3, 0.4) is 0 Å². The smallest absolute Gasteiger partial charge is 0.368 e. The Morgan fingerprint density at radius 1 is 0.857 bits per heavy atom. The molecule has 0 saturated carbocycles. The third-order valence-electron chi connectivity index (χ3n) is 0. The SMILES string of the molecule is O[Si](O)(O)O.[AlH3].[Zn]. The van der Waals surface area contributed by atoms with E-state index >= 15 is 0 Å². The Morgan fingerprint density at radius 2 is 0.857 bits per heavy atom. The van der Waals surface area contributed by atoms with Gasteiger partial charge in [-0.2, -0.15) is 0 Å². The van der Waals surface area contributed by atoms with Gasteiger partial charge in [-0.1, -0.05) is 0 Å². The van der Waals surface area contributed by atoms with Gasteiger partial charge in [0.25, 0.3) is 0 Å². The summed E-state index contributed by atoms with van der Waals surface area (Å²) < 4.78 is 0. The second-order valence-electron chi connectivity index (χ2n) is 0.600. The molecular formula is H7AlO4SiZn. The fourth-order valence-electron chi connectivity index (χ4n) is 0. The number of rotatable bonds is 0. The fourth-order valence-corrected chi connectivity index (χ4v) is 0. The summed E-state index contributed by atoms with van der Waals surface area (Å²) in [5, 5.41) is 0. The number of hydrogen-bond donors (Lipinski definition) is 4. The molecule has 0 heterocycles. The van der Waals surface area contributed by atoms with Crippen LogP contribution in [0.2, 0.25) is 0 Å². The van der Waals surface area contributed by atoms with Crippen LogP contribution in [0.4, 0.5) is 0 Å². The monoisotopic (exact) mass is 190 g/mol. The largest absolute Gasteiger partial charge is 0.668 e. The van der Waals surface area contributed by atoms with Gasteiger partial charge < -0.3 is 19.2 Å². The Kier molecular flexibility index (Phi) is 12.0. The van der Waals surface area contributed by atoms with E-state index in [2.05, 4.69) is 0 Å². The molecule has 0 saturated heterocycles. The molecule has 0 spiro atoms. The molecule has 0 aliphatic rings. The van der Waals surface area contributed by atoms with Gasteiger partial charge in [-0.05, 0) is 0 Å². The minimum Gasteiger partial charge on any atom is -0.368 e. The molecule has 0 rings (SSSR count). The van der Waals surface area contributed by atoms with E-state index in [0.717, 1.165) is 0 Å². The van der Waals surface area contributed by atoms with Gasteiger partial charge in [0.2, 0.25) is 0 Å². The molecule has 0 aliphatic carbocycles. The van der Waals surface area contributed by atoms with Crippen LogP contribution in [0, 0.1) is 0 Å². The van der Waals surface area contributed by atoms with Crippen molar-refractivity contribution in [2.75, 3.05) is 0 Å².